The van der Waals surface area contributed by atoms with Crippen molar-refractivity contribution in [3.8, 4) is 0 Å². The number of thiophene rings is 1. The lowest BCUT2D eigenvalue weighted by Crippen LogP contribution is -2.51. The normalized spacial score (nSPS) is 16.8. The summed E-state index contributed by atoms with van der Waals surface area (Å²) in [5.41, 5.74) is 5.49. The Balaban J connectivity index is 0.000000820. The number of aliphatic hydroxyl groups is 1. The van der Waals surface area contributed by atoms with Crippen molar-refractivity contribution in [1.82, 2.24) is 4.90 Å². The largest absolute Gasteiger partial charge is 0.394 e. The second-order valence-corrected chi connectivity index (χ2v) is 9.46. The monoisotopic (exact) mass is 478 g/mol. The minimum Gasteiger partial charge on any atom is -0.394 e. The van der Waals surface area contributed by atoms with Crippen LogP contribution in [0.5, 0.6) is 0 Å². The Kier molecular flexibility index (Phi) is 10.2. The molecule has 0 radical (unpaired) electrons. The lowest BCUT2D eigenvalue weighted by Gasteiger charge is -2.38. The van der Waals surface area contributed by atoms with Gasteiger partial charge < -0.3 is 16.2 Å². The van der Waals surface area contributed by atoms with E-state index in [1.54, 1.807) is 33.8 Å². The van der Waals surface area contributed by atoms with E-state index in [-0.39, 0.29) is 29.4 Å². The van der Waals surface area contributed by atoms with Gasteiger partial charge in [-0.05, 0) is 65.0 Å². The molecule has 0 aliphatic carbocycles. The van der Waals surface area contributed by atoms with Gasteiger partial charge in [0.25, 0.3) is 5.91 Å². The third-order valence-corrected chi connectivity index (χ3v) is 5.66. The smallest absolute Gasteiger partial charge is 0.265 e. The molecule has 3 rings (SSSR count). The van der Waals surface area contributed by atoms with Gasteiger partial charge in [-0.1, -0.05) is 13.8 Å². The fourth-order valence-corrected chi connectivity index (χ4v) is 3.83. The van der Waals surface area contributed by atoms with E-state index in [0.29, 0.717) is 10.6 Å². The summed E-state index contributed by atoms with van der Waals surface area (Å²) in [5, 5.41) is 10.8. The number of nitrogens with one attached hydrogen (secondary N) is 1. The van der Waals surface area contributed by atoms with E-state index in [1.807, 2.05) is 26.8 Å². The molecule has 1 aliphatic heterocycles. The van der Waals surface area contributed by atoms with Crippen LogP contribution in [0.3, 0.4) is 0 Å². The first-order valence-corrected chi connectivity index (χ1v) is 11.6. The van der Waals surface area contributed by atoms with Gasteiger partial charge in [-0.2, -0.15) is 0 Å². The van der Waals surface area contributed by atoms with Crippen LogP contribution in [0, 0.1) is 18.2 Å². The summed E-state index contributed by atoms with van der Waals surface area (Å²) in [5.74, 6) is -0.991. The third kappa shape index (κ3) is 7.10. The number of rotatable bonds is 3. The molecule has 1 aromatic carbocycles. The molecule has 1 atom stereocenters. The van der Waals surface area contributed by atoms with Gasteiger partial charge in [0.05, 0.1) is 16.3 Å². The summed E-state index contributed by atoms with van der Waals surface area (Å²) < 4.78 is 14.6. The molecule has 0 fully saturated rings. The van der Waals surface area contributed by atoms with Crippen molar-refractivity contribution in [2.45, 2.75) is 60.6 Å². The summed E-state index contributed by atoms with van der Waals surface area (Å²) in [6.07, 6.45) is -0.167. The Morgan fingerprint density at radius 2 is 1.85 bits per heavy atom. The van der Waals surface area contributed by atoms with Crippen LogP contribution in [0.15, 0.2) is 35.3 Å². The maximum Gasteiger partial charge on any atom is 0.265 e. The molecule has 7 nitrogen and oxygen atoms in total. The number of hydrogen-bond acceptors (Lipinski definition) is 6. The fourth-order valence-electron chi connectivity index (χ4n) is 3.07. The number of hydrogen-bond donors (Lipinski definition) is 3. The van der Waals surface area contributed by atoms with Crippen LogP contribution in [-0.2, 0) is 4.79 Å². The number of carbonyl (C=O) groups excluding carboxylic acids is 2. The number of guanidine groups is 1. The van der Waals surface area contributed by atoms with E-state index in [2.05, 4.69) is 10.3 Å². The first-order chi connectivity index (χ1) is 15.3. The number of halogens is 1. The molecule has 2 amide bonds. The number of nitrogens with two attached hydrogens (primary N) is 1. The highest BCUT2D eigenvalue weighted by Crippen LogP contribution is 2.42. The van der Waals surface area contributed by atoms with Gasteiger partial charge in [-0.15, -0.1) is 11.3 Å². The molecule has 0 saturated carbocycles. The predicted molar refractivity (Wildman–Crippen MR) is 133 cm³/mol. The highest BCUT2D eigenvalue weighted by Gasteiger charge is 2.45. The summed E-state index contributed by atoms with van der Waals surface area (Å²) in [7, 11) is 1.54. The van der Waals surface area contributed by atoms with Gasteiger partial charge in [-0.3, -0.25) is 14.5 Å². The van der Waals surface area contributed by atoms with E-state index in [1.165, 1.54) is 41.5 Å². The lowest BCUT2D eigenvalue weighted by molar-refractivity contribution is -0.137. The second-order valence-electron chi connectivity index (χ2n) is 8.17. The van der Waals surface area contributed by atoms with Crippen LogP contribution in [0.1, 0.15) is 67.7 Å². The highest BCUT2D eigenvalue weighted by molar-refractivity contribution is 7.14. The van der Waals surface area contributed by atoms with Crippen molar-refractivity contribution in [3.63, 3.8) is 0 Å². The topological polar surface area (TPSA) is 108 Å². The Labute approximate surface area is 199 Å². The number of aryl methyl sites for hydroxylation is 1. The number of aliphatic imine (C=N–C) groups is 1. The van der Waals surface area contributed by atoms with Crippen molar-refractivity contribution in [1.29, 1.82) is 0 Å². The SMILES string of the molecule is CC.CC(C)O.Cc1ccc(C(=O)Nc2ccc(F)c(C3N=C(N)N(C)C(=O)C3(C)C)c2)s1. The Bertz CT molecular complexity index is 999. The minimum atomic E-state index is -0.980. The second kappa shape index (κ2) is 11.9. The van der Waals surface area contributed by atoms with E-state index < -0.39 is 17.3 Å². The maximum absolute atomic E-state index is 14.6. The van der Waals surface area contributed by atoms with E-state index in [4.69, 9.17) is 10.8 Å². The van der Waals surface area contributed by atoms with Gasteiger partial charge in [0.2, 0.25) is 5.91 Å². The summed E-state index contributed by atoms with van der Waals surface area (Å²) >= 11 is 1.38. The molecule has 0 spiro atoms. The summed E-state index contributed by atoms with van der Waals surface area (Å²) in [4.78, 5) is 32.1. The van der Waals surface area contributed by atoms with E-state index >= 15 is 0 Å². The lowest BCUT2D eigenvalue weighted by atomic mass is 9.78. The Morgan fingerprint density at radius 3 is 2.36 bits per heavy atom. The molecule has 0 saturated heterocycles. The molecule has 2 aromatic rings. The van der Waals surface area contributed by atoms with E-state index in [9.17, 15) is 14.0 Å². The van der Waals surface area contributed by atoms with Crippen molar-refractivity contribution in [2.75, 3.05) is 12.4 Å². The van der Waals surface area contributed by atoms with Gasteiger partial charge in [0, 0.05) is 29.3 Å². The molecule has 1 aromatic heterocycles. The zero-order chi connectivity index (χ0) is 25.5. The number of aliphatic hydroxyl groups excluding tert-OH is 1. The van der Waals surface area contributed by atoms with Crippen LogP contribution >= 0.6 is 11.3 Å². The molecule has 1 aliphatic rings. The Morgan fingerprint density at radius 1 is 1.27 bits per heavy atom. The van der Waals surface area contributed by atoms with Crippen molar-refractivity contribution in [3.05, 3.63) is 51.5 Å². The third-order valence-electron chi connectivity index (χ3n) is 4.66. The number of benzene rings is 1. The van der Waals surface area contributed by atoms with Crippen LogP contribution in [0.25, 0.3) is 0 Å². The summed E-state index contributed by atoms with van der Waals surface area (Å²) in [6, 6.07) is 7.06. The molecule has 0 bridgehead atoms. The fraction of sp³-hybridized carbons (Fsp3) is 0.458. The van der Waals surface area contributed by atoms with Gasteiger partial charge >= 0.3 is 0 Å². The molecule has 2 heterocycles. The summed E-state index contributed by atoms with van der Waals surface area (Å²) in [6.45, 7) is 12.8. The van der Waals surface area contributed by atoms with Gasteiger partial charge in [-0.25, -0.2) is 9.38 Å². The molecule has 1 unspecified atom stereocenters. The number of amides is 2. The number of nitrogens with zero attached hydrogens (tertiary/aromatic N) is 2. The van der Waals surface area contributed by atoms with Gasteiger partial charge in [0.1, 0.15) is 5.82 Å². The van der Waals surface area contributed by atoms with Crippen molar-refractivity contribution in [2.24, 2.45) is 16.1 Å². The average molecular weight is 479 g/mol. The van der Waals surface area contributed by atoms with Crippen LogP contribution in [-0.4, -0.2) is 40.9 Å². The predicted octanol–water partition coefficient (Wildman–Crippen LogP) is 4.72. The first-order valence-electron chi connectivity index (χ1n) is 10.8. The average Bonchev–Trinajstić information content (AvgIpc) is 3.18. The Hall–Kier alpha value is -2.78. The number of anilines is 1. The zero-order valence-electron chi connectivity index (χ0n) is 20.6. The molecule has 9 heteroatoms. The molecule has 33 heavy (non-hydrogen) atoms. The molecule has 4 N–H and O–H groups in total. The number of carbonyl (C=O) groups is 2. The zero-order valence-corrected chi connectivity index (χ0v) is 21.4. The first kappa shape index (κ1) is 28.3. The van der Waals surface area contributed by atoms with Gasteiger partial charge in [0.15, 0.2) is 5.96 Å². The molecular formula is C24H35FN4O3S. The van der Waals surface area contributed by atoms with E-state index in [0.717, 1.165) is 4.88 Å². The highest BCUT2D eigenvalue weighted by atomic mass is 32.1. The van der Waals surface area contributed by atoms with Crippen LogP contribution in [0.4, 0.5) is 10.1 Å². The van der Waals surface area contributed by atoms with Crippen molar-refractivity contribution < 1.29 is 19.1 Å². The molecule has 182 valence electrons. The standard InChI is InChI=1S/C19H21FN4O2S.C3H8O.C2H6/c1-10-5-8-14(27-10)16(25)22-11-6-7-13(20)12(9-11)15-19(2,3)17(26)24(4)18(21)23-15;1-3(2)4;1-2/h5-9,15H,1-4H3,(H2,21,23)(H,22,25);3-4H,1-2H3;1-2H3. The maximum atomic E-state index is 14.6. The van der Waals surface area contributed by atoms with Crippen molar-refractivity contribution >= 4 is 34.8 Å². The van der Waals surface area contributed by atoms with Crippen LogP contribution in [0.2, 0.25) is 0 Å². The quantitative estimate of drug-likeness (QED) is 0.593. The van der Waals surface area contributed by atoms with Crippen LogP contribution < -0.4 is 11.1 Å². The minimum absolute atomic E-state index is 0.0345. The molecular weight excluding hydrogens is 443 g/mol.